The Morgan fingerprint density at radius 1 is 1.27 bits per heavy atom. The molecule has 1 aliphatic heterocycles. The number of anilines is 1. The largest absolute Gasteiger partial charge is 0.461 e. The first-order valence-electron chi connectivity index (χ1n) is 8.21. The van der Waals surface area contributed by atoms with Gasteiger partial charge in [-0.2, -0.15) is 0 Å². The monoisotopic (exact) mass is 354 g/mol. The molecule has 1 atom stereocenters. The van der Waals surface area contributed by atoms with Gasteiger partial charge < -0.3 is 9.64 Å². The van der Waals surface area contributed by atoms with Gasteiger partial charge in [0.15, 0.2) is 0 Å². The summed E-state index contributed by atoms with van der Waals surface area (Å²) in [6.07, 6.45) is 0.0989. The average Bonchev–Trinajstić information content (AvgIpc) is 3.02. The van der Waals surface area contributed by atoms with Gasteiger partial charge in [0.1, 0.15) is 6.61 Å². The number of non-ortho nitro benzene ring substituents is 1. The fourth-order valence-corrected chi connectivity index (χ4v) is 2.87. The number of amides is 1. The molecule has 7 nitrogen and oxygen atoms in total. The number of nitro groups is 1. The summed E-state index contributed by atoms with van der Waals surface area (Å²) in [6.45, 7) is 2.18. The molecule has 0 radical (unpaired) electrons. The van der Waals surface area contributed by atoms with Crippen LogP contribution in [0.25, 0.3) is 0 Å². The summed E-state index contributed by atoms with van der Waals surface area (Å²) in [7, 11) is 0. The van der Waals surface area contributed by atoms with Gasteiger partial charge in [-0.1, -0.05) is 29.8 Å². The maximum atomic E-state index is 12.3. The molecule has 2 aromatic rings. The Morgan fingerprint density at radius 2 is 2.00 bits per heavy atom. The van der Waals surface area contributed by atoms with Crippen LogP contribution in [0, 0.1) is 23.0 Å². The molecule has 1 fully saturated rings. The van der Waals surface area contributed by atoms with Crippen molar-refractivity contribution in [2.75, 3.05) is 11.4 Å². The molecule has 0 unspecified atom stereocenters. The Hall–Kier alpha value is -3.22. The van der Waals surface area contributed by atoms with Crippen molar-refractivity contribution in [3.05, 3.63) is 69.8 Å². The summed E-state index contributed by atoms with van der Waals surface area (Å²) in [5, 5.41) is 10.8. The Bertz CT molecular complexity index is 847. The zero-order valence-electron chi connectivity index (χ0n) is 14.3. The Morgan fingerprint density at radius 3 is 2.69 bits per heavy atom. The van der Waals surface area contributed by atoms with Gasteiger partial charge in [0.25, 0.3) is 5.69 Å². The van der Waals surface area contributed by atoms with Gasteiger partial charge >= 0.3 is 5.97 Å². The molecule has 0 spiro atoms. The van der Waals surface area contributed by atoms with Crippen molar-refractivity contribution in [1.82, 2.24) is 0 Å². The van der Waals surface area contributed by atoms with Crippen molar-refractivity contribution in [2.45, 2.75) is 20.0 Å². The third-order valence-corrected chi connectivity index (χ3v) is 4.31. The fourth-order valence-electron chi connectivity index (χ4n) is 2.87. The number of nitrogens with zero attached hydrogens (tertiary/aromatic N) is 2. The summed E-state index contributed by atoms with van der Waals surface area (Å²) in [6, 6.07) is 13.5. The maximum Gasteiger partial charge on any atom is 0.311 e. The minimum atomic E-state index is -0.539. The molecule has 0 bridgehead atoms. The van der Waals surface area contributed by atoms with Crippen molar-refractivity contribution < 1.29 is 19.2 Å². The summed E-state index contributed by atoms with van der Waals surface area (Å²) in [5.41, 5.74) is 2.33. The van der Waals surface area contributed by atoms with Crippen LogP contribution in [-0.2, 0) is 20.9 Å². The molecule has 0 aliphatic carbocycles. The van der Waals surface area contributed by atoms with Crippen LogP contribution in [0.4, 0.5) is 11.4 Å². The van der Waals surface area contributed by atoms with Crippen LogP contribution in [0.5, 0.6) is 0 Å². The summed E-state index contributed by atoms with van der Waals surface area (Å²) >= 11 is 0. The average molecular weight is 354 g/mol. The lowest BCUT2D eigenvalue weighted by Crippen LogP contribution is -2.26. The normalized spacial score (nSPS) is 16.6. The second kappa shape index (κ2) is 7.35. The van der Waals surface area contributed by atoms with Crippen molar-refractivity contribution in [2.24, 2.45) is 5.92 Å². The van der Waals surface area contributed by atoms with E-state index in [1.54, 1.807) is 17.0 Å². The Balaban J connectivity index is 1.60. The van der Waals surface area contributed by atoms with Crippen molar-refractivity contribution in [3.63, 3.8) is 0 Å². The number of benzene rings is 2. The number of ether oxygens (including phenoxy) is 1. The fraction of sp³-hybridized carbons (Fsp3) is 0.263. The molecule has 1 amide bonds. The molecule has 1 aliphatic rings. The van der Waals surface area contributed by atoms with Crippen molar-refractivity contribution >= 4 is 23.3 Å². The topological polar surface area (TPSA) is 89.8 Å². The molecular weight excluding hydrogens is 336 g/mol. The molecule has 2 aromatic carbocycles. The van der Waals surface area contributed by atoms with Crippen LogP contribution >= 0.6 is 0 Å². The molecule has 3 rings (SSSR count). The maximum absolute atomic E-state index is 12.3. The third kappa shape index (κ3) is 3.88. The molecule has 1 heterocycles. The number of carbonyl (C=O) groups excluding carboxylic acids is 2. The van der Waals surface area contributed by atoms with Gasteiger partial charge in [-0.15, -0.1) is 0 Å². The minimum Gasteiger partial charge on any atom is -0.461 e. The molecule has 26 heavy (non-hydrogen) atoms. The van der Waals surface area contributed by atoms with Crippen molar-refractivity contribution in [1.29, 1.82) is 0 Å². The van der Waals surface area contributed by atoms with E-state index >= 15 is 0 Å². The second-order valence-corrected chi connectivity index (χ2v) is 6.28. The van der Waals surface area contributed by atoms with E-state index in [9.17, 15) is 19.7 Å². The zero-order chi connectivity index (χ0) is 18.7. The molecule has 1 saturated heterocycles. The quantitative estimate of drug-likeness (QED) is 0.468. The SMILES string of the molecule is Cc1ccc(N2C[C@@H](C(=O)OCc3cccc([N+](=O)[O-])c3)CC2=O)cc1. The first-order chi connectivity index (χ1) is 12.4. The number of esters is 1. The lowest BCUT2D eigenvalue weighted by Gasteiger charge is -2.16. The summed E-state index contributed by atoms with van der Waals surface area (Å²) < 4.78 is 5.26. The van der Waals surface area contributed by atoms with Crippen LogP contribution in [0.15, 0.2) is 48.5 Å². The third-order valence-electron chi connectivity index (χ3n) is 4.31. The number of aryl methyl sites for hydroxylation is 1. The van der Waals surface area contributed by atoms with Crippen LogP contribution in [0.2, 0.25) is 0 Å². The van der Waals surface area contributed by atoms with Gasteiger partial charge in [0.05, 0.1) is 10.8 Å². The highest BCUT2D eigenvalue weighted by atomic mass is 16.6. The number of carbonyl (C=O) groups is 2. The van der Waals surface area contributed by atoms with Gasteiger partial charge in [0, 0.05) is 30.8 Å². The van der Waals surface area contributed by atoms with Crippen LogP contribution in [0.3, 0.4) is 0 Å². The number of hydrogen-bond donors (Lipinski definition) is 0. The Kier molecular flexibility index (Phi) is 4.97. The van der Waals surface area contributed by atoms with Gasteiger partial charge in [-0.25, -0.2) is 0 Å². The van der Waals surface area contributed by atoms with Crippen LogP contribution < -0.4 is 4.90 Å². The lowest BCUT2D eigenvalue weighted by molar-refractivity contribution is -0.384. The molecule has 134 valence electrons. The summed E-state index contributed by atoms with van der Waals surface area (Å²) in [4.78, 5) is 36.4. The van der Waals surface area contributed by atoms with Crippen LogP contribution in [-0.4, -0.2) is 23.3 Å². The summed E-state index contributed by atoms with van der Waals surface area (Å²) in [5.74, 6) is -1.13. The van der Waals surface area contributed by atoms with Gasteiger partial charge in [0.2, 0.25) is 5.91 Å². The first kappa shape index (κ1) is 17.6. The molecule has 7 heteroatoms. The van der Waals surface area contributed by atoms with Gasteiger partial charge in [-0.3, -0.25) is 19.7 Å². The highest BCUT2D eigenvalue weighted by molar-refractivity contribution is 5.99. The number of hydrogen-bond acceptors (Lipinski definition) is 5. The van der Waals surface area contributed by atoms with E-state index in [0.29, 0.717) is 5.56 Å². The molecule has 0 aromatic heterocycles. The van der Waals surface area contributed by atoms with E-state index in [4.69, 9.17) is 4.74 Å². The predicted molar refractivity (Wildman–Crippen MR) is 94.5 cm³/mol. The number of rotatable bonds is 5. The molecular formula is C19H18N2O5. The van der Waals surface area contributed by atoms with E-state index in [0.717, 1.165) is 11.3 Å². The second-order valence-electron chi connectivity index (χ2n) is 6.28. The van der Waals surface area contributed by atoms with Crippen LogP contribution in [0.1, 0.15) is 17.5 Å². The predicted octanol–water partition coefficient (Wildman–Crippen LogP) is 3.00. The highest BCUT2D eigenvalue weighted by Gasteiger charge is 2.36. The molecule has 0 N–H and O–H groups in total. The lowest BCUT2D eigenvalue weighted by atomic mass is 10.1. The van der Waals surface area contributed by atoms with E-state index in [2.05, 4.69) is 0 Å². The van der Waals surface area contributed by atoms with E-state index in [-0.39, 0.29) is 31.2 Å². The van der Waals surface area contributed by atoms with E-state index in [1.165, 1.54) is 12.1 Å². The smallest absolute Gasteiger partial charge is 0.311 e. The first-order valence-corrected chi connectivity index (χ1v) is 8.21. The van der Waals surface area contributed by atoms with E-state index < -0.39 is 16.8 Å². The Labute approximate surface area is 150 Å². The highest BCUT2D eigenvalue weighted by Crippen LogP contribution is 2.26. The van der Waals surface area contributed by atoms with E-state index in [1.807, 2.05) is 31.2 Å². The zero-order valence-corrected chi connectivity index (χ0v) is 14.3. The molecule has 0 saturated carbocycles. The minimum absolute atomic E-state index is 0.0554. The van der Waals surface area contributed by atoms with Crippen molar-refractivity contribution in [3.8, 4) is 0 Å². The standard InChI is InChI=1S/C19H18N2O5/c1-13-5-7-16(8-6-13)20-11-15(10-18(20)22)19(23)26-12-14-3-2-4-17(9-14)21(24)25/h2-9,15H,10-12H2,1H3/t15-/m0/s1. The van der Waals surface area contributed by atoms with Gasteiger partial charge in [-0.05, 0) is 24.6 Å². The number of nitro benzene ring substituents is 1.